The van der Waals surface area contributed by atoms with E-state index in [4.69, 9.17) is 10.5 Å². The van der Waals surface area contributed by atoms with Crippen LogP contribution in [-0.2, 0) is 49.5 Å². The number of ether oxygens (including phenoxy) is 1. The molecule has 6 amide bonds. The molecule has 19 nitrogen and oxygen atoms in total. The molecule has 0 spiro atoms. The standard InChI is InChI=1S/C42H67N7O12/c1-9-24(6)35(48-34(23(4)5)42(60)61-26(8)52)41(59)49-17-13-16-32(49)37(55)36(54)28(19-27-14-11-10-12-15-27)45-39(57)30(20-33(43)53)47-38(56)29(18-22(2)3)46-40(58)31(21-50)44-25(7)51/h10-12,14-15,22-24,28-32,34-37,48,50,54-55H,9,13,16-21H2,1-8H3,(H2,43,53)(H,44,51)(H,45,57)(H,46,58)(H,47,56)/t24-,28-,29-,30-,31-,32-,34-,35-,36-,37-/m0/s1. The van der Waals surface area contributed by atoms with Gasteiger partial charge >= 0.3 is 11.9 Å². The highest BCUT2D eigenvalue weighted by Gasteiger charge is 2.44. The smallest absolute Gasteiger partial charge is 0.331 e. The Hall–Kier alpha value is -4.98. The van der Waals surface area contributed by atoms with Gasteiger partial charge in [-0.3, -0.25) is 38.9 Å². The number of rotatable bonds is 24. The number of carbonyl (C=O) groups is 8. The van der Waals surface area contributed by atoms with Gasteiger partial charge < -0.3 is 52.0 Å². The van der Waals surface area contributed by atoms with Crippen molar-refractivity contribution < 1.29 is 58.4 Å². The van der Waals surface area contributed by atoms with Gasteiger partial charge in [0.1, 0.15) is 36.4 Å². The third-order valence-electron chi connectivity index (χ3n) is 10.6. The first kappa shape index (κ1) is 52.2. The second-order valence-corrected chi connectivity index (χ2v) is 16.5. The predicted molar refractivity (Wildman–Crippen MR) is 222 cm³/mol. The quantitative estimate of drug-likeness (QED) is 0.0443. The van der Waals surface area contributed by atoms with E-state index < -0.39 is 115 Å². The first-order valence-corrected chi connectivity index (χ1v) is 20.9. The fraction of sp³-hybridized carbons (Fsp3) is 0.667. The van der Waals surface area contributed by atoms with E-state index >= 15 is 0 Å². The van der Waals surface area contributed by atoms with Crippen molar-refractivity contribution in [2.45, 2.75) is 148 Å². The van der Waals surface area contributed by atoms with Crippen molar-refractivity contribution in [3.05, 3.63) is 35.9 Å². The molecule has 0 radical (unpaired) electrons. The number of likely N-dealkylation sites (tertiary alicyclic amines) is 1. The summed E-state index contributed by atoms with van der Waals surface area (Å²) in [5, 5.41) is 46.4. The van der Waals surface area contributed by atoms with E-state index in [0.29, 0.717) is 18.4 Å². The summed E-state index contributed by atoms with van der Waals surface area (Å²) in [4.78, 5) is 105. The number of benzene rings is 1. The molecule has 0 aromatic heterocycles. The molecule has 10 N–H and O–H groups in total. The summed E-state index contributed by atoms with van der Waals surface area (Å²) in [5.74, 6) is -7.17. The van der Waals surface area contributed by atoms with Gasteiger partial charge in [0.15, 0.2) is 0 Å². The van der Waals surface area contributed by atoms with Crippen LogP contribution in [0.4, 0.5) is 0 Å². The van der Waals surface area contributed by atoms with Gasteiger partial charge in [0.2, 0.25) is 35.4 Å². The van der Waals surface area contributed by atoms with Crippen LogP contribution in [0.25, 0.3) is 0 Å². The van der Waals surface area contributed by atoms with Crippen molar-refractivity contribution in [3.8, 4) is 0 Å². The Bertz CT molecular complexity index is 1660. The molecule has 61 heavy (non-hydrogen) atoms. The number of amides is 6. The zero-order valence-corrected chi connectivity index (χ0v) is 36.5. The lowest BCUT2D eigenvalue weighted by Crippen LogP contribution is -2.62. The second kappa shape index (κ2) is 25.1. The van der Waals surface area contributed by atoms with Gasteiger partial charge in [0.05, 0.1) is 31.2 Å². The molecule has 10 atom stereocenters. The maximum absolute atomic E-state index is 14.4. The summed E-state index contributed by atoms with van der Waals surface area (Å²) in [6.07, 6.45) is -2.72. The van der Waals surface area contributed by atoms with Gasteiger partial charge in [-0.15, -0.1) is 0 Å². The van der Waals surface area contributed by atoms with Crippen LogP contribution in [0.2, 0.25) is 0 Å². The van der Waals surface area contributed by atoms with E-state index in [0.717, 1.165) is 13.8 Å². The minimum absolute atomic E-state index is 0.0359. The highest BCUT2D eigenvalue weighted by atomic mass is 16.6. The summed E-state index contributed by atoms with van der Waals surface area (Å²) in [7, 11) is 0. The van der Waals surface area contributed by atoms with Crippen LogP contribution in [0.1, 0.15) is 93.1 Å². The van der Waals surface area contributed by atoms with E-state index in [1.165, 1.54) is 4.90 Å². The van der Waals surface area contributed by atoms with Crippen molar-refractivity contribution in [1.29, 1.82) is 0 Å². The summed E-state index contributed by atoms with van der Waals surface area (Å²) in [5.41, 5.74) is 6.14. The number of aliphatic hydroxyl groups excluding tert-OH is 3. The maximum atomic E-state index is 14.4. The third kappa shape index (κ3) is 16.4. The van der Waals surface area contributed by atoms with Gasteiger partial charge in [0, 0.05) is 20.4 Å². The fourth-order valence-corrected chi connectivity index (χ4v) is 7.22. The molecule has 1 fully saturated rings. The molecule has 1 heterocycles. The predicted octanol–water partition coefficient (Wildman–Crippen LogP) is -1.07. The molecule has 1 aliphatic rings. The van der Waals surface area contributed by atoms with Crippen LogP contribution in [0.15, 0.2) is 30.3 Å². The summed E-state index contributed by atoms with van der Waals surface area (Å²) >= 11 is 0. The van der Waals surface area contributed by atoms with Crippen molar-refractivity contribution in [1.82, 2.24) is 31.5 Å². The lowest BCUT2D eigenvalue weighted by atomic mass is 9.91. The van der Waals surface area contributed by atoms with E-state index in [1.807, 2.05) is 13.8 Å². The lowest BCUT2D eigenvalue weighted by Gasteiger charge is -2.38. The second-order valence-electron chi connectivity index (χ2n) is 16.5. The summed E-state index contributed by atoms with van der Waals surface area (Å²) in [6.45, 7) is 12.4. The Kier molecular flexibility index (Phi) is 21.4. The monoisotopic (exact) mass is 861 g/mol. The molecule has 1 aromatic carbocycles. The number of nitrogens with zero attached hydrogens (tertiary/aromatic N) is 1. The van der Waals surface area contributed by atoms with Gasteiger partial charge in [-0.05, 0) is 49.0 Å². The van der Waals surface area contributed by atoms with Crippen molar-refractivity contribution in [3.63, 3.8) is 0 Å². The van der Waals surface area contributed by atoms with Gasteiger partial charge in [-0.1, -0.05) is 78.3 Å². The minimum atomic E-state index is -1.71. The Morgan fingerprint density at radius 2 is 1.43 bits per heavy atom. The molecular formula is C42H67N7O12. The fourth-order valence-electron chi connectivity index (χ4n) is 7.22. The van der Waals surface area contributed by atoms with Crippen LogP contribution in [0.5, 0.6) is 0 Å². The van der Waals surface area contributed by atoms with Crippen LogP contribution >= 0.6 is 0 Å². The van der Waals surface area contributed by atoms with Crippen LogP contribution in [0, 0.1) is 17.8 Å². The Labute approximate surface area is 357 Å². The minimum Gasteiger partial charge on any atom is -0.394 e. The van der Waals surface area contributed by atoms with Crippen molar-refractivity contribution in [2.75, 3.05) is 13.2 Å². The number of nitrogens with two attached hydrogens (primary N) is 1. The van der Waals surface area contributed by atoms with Crippen LogP contribution in [0.3, 0.4) is 0 Å². The average molecular weight is 862 g/mol. The number of esters is 2. The van der Waals surface area contributed by atoms with E-state index in [2.05, 4.69) is 26.6 Å². The first-order valence-electron chi connectivity index (χ1n) is 20.9. The molecule has 19 heteroatoms. The molecule has 0 unspecified atom stereocenters. The number of aliphatic hydroxyl groups is 3. The first-order chi connectivity index (χ1) is 28.6. The SMILES string of the molecule is CC[C@H](C)[C@H](N[C@H](C(=O)OC(C)=O)C(C)C)C(=O)N1CCC[C@H]1[C@H](O)[C@@H](O)[C@H](Cc1ccccc1)NC(=O)[C@H](CC(N)=O)NC(=O)[C@H](CC(C)C)NC(=O)[C@H](CO)NC(C)=O. The van der Waals surface area contributed by atoms with Gasteiger partial charge in [-0.2, -0.15) is 0 Å². The van der Waals surface area contributed by atoms with Crippen molar-refractivity contribution >= 4 is 47.4 Å². The zero-order valence-electron chi connectivity index (χ0n) is 36.5. The Morgan fingerprint density at radius 3 is 1.95 bits per heavy atom. The number of nitrogens with one attached hydrogen (secondary N) is 5. The lowest BCUT2D eigenvalue weighted by molar-refractivity contribution is -0.161. The van der Waals surface area contributed by atoms with Gasteiger partial charge in [-0.25, -0.2) is 4.79 Å². The maximum Gasteiger partial charge on any atom is 0.331 e. The Morgan fingerprint density at radius 1 is 0.836 bits per heavy atom. The number of hydrogen-bond acceptors (Lipinski definition) is 13. The van der Waals surface area contributed by atoms with E-state index in [-0.39, 0.29) is 43.6 Å². The molecule has 0 saturated carbocycles. The summed E-state index contributed by atoms with van der Waals surface area (Å²) < 4.78 is 4.86. The molecule has 1 saturated heterocycles. The average Bonchev–Trinajstić information content (AvgIpc) is 3.68. The largest absolute Gasteiger partial charge is 0.394 e. The summed E-state index contributed by atoms with van der Waals surface area (Å²) in [6, 6.07) is 0.304. The highest BCUT2D eigenvalue weighted by molar-refractivity contribution is 5.96. The molecule has 0 aliphatic carbocycles. The normalized spacial score (nSPS) is 18.4. The van der Waals surface area contributed by atoms with Crippen LogP contribution in [-0.4, -0.2) is 135 Å². The van der Waals surface area contributed by atoms with E-state index in [9.17, 15) is 53.7 Å². The number of primary amides is 1. The molecule has 1 aromatic rings. The molecule has 2 rings (SSSR count). The molecular weight excluding hydrogens is 794 g/mol. The van der Waals surface area contributed by atoms with Crippen LogP contribution < -0.4 is 32.3 Å². The molecule has 1 aliphatic heterocycles. The molecule has 342 valence electrons. The van der Waals surface area contributed by atoms with E-state index in [1.54, 1.807) is 58.0 Å². The Balaban J connectivity index is 2.45. The highest BCUT2D eigenvalue weighted by Crippen LogP contribution is 2.27. The third-order valence-corrected chi connectivity index (χ3v) is 10.6. The topological polar surface area (TPSA) is 296 Å². The number of hydrogen-bond donors (Lipinski definition) is 9. The number of carbonyl (C=O) groups excluding carboxylic acids is 8. The van der Waals surface area contributed by atoms with Crippen molar-refractivity contribution in [2.24, 2.45) is 23.5 Å². The molecule has 0 bridgehead atoms. The zero-order chi connectivity index (χ0) is 46.1. The van der Waals surface area contributed by atoms with Gasteiger partial charge in [0.25, 0.3) is 0 Å².